The topological polar surface area (TPSA) is 3.24 Å². The Morgan fingerprint density at radius 2 is 1.57 bits per heavy atom. The highest BCUT2D eigenvalue weighted by Gasteiger charge is 2.25. The van der Waals surface area contributed by atoms with Crippen LogP contribution in [0.4, 0.5) is 0 Å². The predicted molar refractivity (Wildman–Crippen MR) is 93.8 cm³/mol. The van der Waals surface area contributed by atoms with Gasteiger partial charge in [-0.25, -0.2) is 0 Å². The summed E-state index contributed by atoms with van der Waals surface area (Å²) in [6.07, 6.45) is 3.00. The first-order valence-electron chi connectivity index (χ1n) is 7.26. The van der Waals surface area contributed by atoms with Gasteiger partial charge in [0.05, 0.1) is 5.25 Å². The highest BCUT2D eigenvalue weighted by molar-refractivity contribution is 7.99. The average Bonchev–Trinajstić information content (AvgIpc) is 2.52. The number of benzene rings is 2. The predicted octanol–water partition coefficient (Wildman–Crippen LogP) is 5.03. The molecule has 2 heteroatoms. The lowest BCUT2D eigenvalue weighted by Gasteiger charge is -2.31. The lowest BCUT2D eigenvalue weighted by Crippen LogP contribution is -2.32. The molecule has 0 amide bonds. The number of rotatable bonds is 7. The fourth-order valence-corrected chi connectivity index (χ4v) is 3.85. The second-order valence-corrected chi connectivity index (χ2v) is 6.53. The fourth-order valence-electron chi connectivity index (χ4n) is 2.43. The zero-order chi connectivity index (χ0) is 15.1. The Morgan fingerprint density at radius 1 is 1.00 bits per heavy atom. The van der Waals surface area contributed by atoms with E-state index < -0.39 is 0 Å². The zero-order valence-electron chi connectivity index (χ0n) is 12.8. The summed E-state index contributed by atoms with van der Waals surface area (Å²) in [5, 5.41) is 0.390. The van der Waals surface area contributed by atoms with Crippen molar-refractivity contribution in [1.29, 1.82) is 0 Å². The number of hydrogen-bond acceptors (Lipinski definition) is 2. The van der Waals surface area contributed by atoms with Crippen molar-refractivity contribution in [2.24, 2.45) is 0 Å². The molecule has 0 aliphatic heterocycles. The highest BCUT2D eigenvalue weighted by Crippen LogP contribution is 2.40. The highest BCUT2D eigenvalue weighted by atomic mass is 32.2. The minimum Gasteiger partial charge on any atom is -0.305 e. The van der Waals surface area contributed by atoms with Crippen LogP contribution in [0.2, 0.25) is 0 Å². The third kappa shape index (κ3) is 4.48. The van der Waals surface area contributed by atoms with E-state index >= 15 is 0 Å². The number of hydrogen-bond donors (Lipinski definition) is 0. The SMILES string of the molecule is C=CC[C@@H]([C@@H](Sc1ccccc1)c1ccccc1)N(C)C. The molecule has 0 aliphatic rings. The maximum absolute atomic E-state index is 3.93. The first-order chi connectivity index (χ1) is 10.2. The normalized spacial score (nSPS) is 13.9. The van der Waals surface area contributed by atoms with E-state index in [1.54, 1.807) is 0 Å². The van der Waals surface area contributed by atoms with E-state index in [0.717, 1.165) is 6.42 Å². The van der Waals surface area contributed by atoms with E-state index in [0.29, 0.717) is 11.3 Å². The monoisotopic (exact) mass is 297 g/mol. The molecule has 21 heavy (non-hydrogen) atoms. The third-order valence-electron chi connectivity index (χ3n) is 3.56. The minimum atomic E-state index is 0.390. The Balaban J connectivity index is 2.31. The van der Waals surface area contributed by atoms with Gasteiger partial charge in [0.15, 0.2) is 0 Å². The molecule has 0 unspecified atom stereocenters. The minimum absolute atomic E-state index is 0.390. The van der Waals surface area contributed by atoms with Crippen LogP contribution < -0.4 is 0 Å². The molecule has 0 aliphatic carbocycles. The van der Waals surface area contributed by atoms with Gasteiger partial charge in [0.2, 0.25) is 0 Å². The standard InChI is InChI=1S/C19H23NS/c1-4-11-18(20(2)3)19(16-12-7-5-8-13-16)21-17-14-9-6-10-15-17/h4-10,12-15,18-19H,1,11H2,2-3H3/t18-,19-/m0/s1. The van der Waals surface area contributed by atoms with Crippen LogP contribution in [0.1, 0.15) is 17.2 Å². The van der Waals surface area contributed by atoms with E-state index in [1.165, 1.54) is 10.5 Å². The number of nitrogens with zero attached hydrogens (tertiary/aromatic N) is 1. The lowest BCUT2D eigenvalue weighted by molar-refractivity contribution is 0.289. The van der Waals surface area contributed by atoms with Gasteiger partial charge in [-0.05, 0) is 38.2 Å². The molecular formula is C19H23NS. The van der Waals surface area contributed by atoms with Gasteiger partial charge in [-0.1, -0.05) is 54.6 Å². The molecule has 0 bridgehead atoms. The number of thioether (sulfide) groups is 1. The first-order valence-corrected chi connectivity index (χ1v) is 8.14. The van der Waals surface area contributed by atoms with Crippen molar-refractivity contribution in [2.75, 3.05) is 14.1 Å². The van der Waals surface area contributed by atoms with Gasteiger partial charge in [-0.3, -0.25) is 0 Å². The molecule has 0 radical (unpaired) electrons. The molecule has 0 heterocycles. The van der Waals surface area contributed by atoms with Crippen LogP contribution in [0.3, 0.4) is 0 Å². The Bertz CT molecular complexity index is 536. The summed E-state index contributed by atoms with van der Waals surface area (Å²) in [5.74, 6) is 0. The smallest absolute Gasteiger partial charge is 0.0502 e. The average molecular weight is 297 g/mol. The molecule has 110 valence electrons. The molecule has 0 saturated carbocycles. The lowest BCUT2D eigenvalue weighted by atomic mass is 10.0. The Morgan fingerprint density at radius 3 is 2.10 bits per heavy atom. The van der Waals surface area contributed by atoms with Crippen molar-refractivity contribution >= 4 is 11.8 Å². The Kier molecular flexibility index (Phi) is 6.09. The van der Waals surface area contributed by atoms with Crippen molar-refractivity contribution in [3.05, 3.63) is 78.9 Å². The van der Waals surface area contributed by atoms with Crippen LogP contribution in [-0.4, -0.2) is 25.0 Å². The van der Waals surface area contributed by atoms with Crippen molar-refractivity contribution in [3.63, 3.8) is 0 Å². The van der Waals surface area contributed by atoms with Crippen molar-refractivity contribution in [2.45, 2.75) is 22.6 Å². The molecule has 1 nitrogen and oxygen atoms in total. The van der Waals surface area contributed by atoms with Gasteiger partial charge in [0.1, 0.15) is 0 Å². The van der Waals surface area contributed by atoms with Crippen molar-refractivity contribution < 1.29 is 0 Å². The van der Waals surface area contributed by atoms with Crippen molar-refractivity contribution in [1.82, 2.24) is 4.90 Å². The molecule has 0 N–H and O–H groups in total. The first kappa shape index (κ1) is 15.9. The summed E-state index contributed by atoms with van der Waals surface area (Å²) in [7, 11) is 4.30. The zero-order valence-corrected chi connectivity index (χ0v) is 13.6. The molecule has 0 saturated heterocycles. The molecule has 0 aromatic heterocycles. The van der Waals surface area contributed by atoms with E-state index in [1.807, 2.05) is 17.8 Å². The van der Waals surface area contributed by atoms with Crippen molar-refractivity contribution in [3.8, 4) is 0 Å². The molecule has 2 aromatic rings. The van der Waals surface area contributed by atoms with Gasteiger partial charge >= 0.3 is 0 Å². The Hall–Kier alpha value is -1.51. The quantitative estimate of drug-likeness (QED) is 0.521. The van der Waals surface area contributed by atoms with E-state index in [-0.39, 0.29) is 0 Å². The molecule has 2 rings (SSSR count). The van der Waals surface area contributed by atoms with Gasteiger partial charge in [-0.2, -0.15) is 0 Å². The summed E-state index contributed by atoms with van der Waals surface area (Å²) < 4.78 is 0. The third-order valence-corrected chi connectivity index (χ3v) is 4.94. The number of likely N-dealkylation sites (N-methyl/N-ethyl adjacent to an activating group) is 1. The molecular weight excluding hydrogens is 274 g/mol. The molecule has 0 spiro atoms. The van der Waals surface area contributed by atoms with Gasteiger partial charge in [0, 0.05) is 10.9 Å². The van der Waals surface area contributed by atoms with Crippen LogP contribution in [0.15, 0.2) is 78.2 Å². The molecule has 2 atom stereocenters. The van der Waals surface area contributed by atoms with E-state index in [2.05, 4.69) is 86.2 Å². The summed E-state index contributed by atoms with van der Waals surface area (Å²) >= 11 is 1.93. The molecule has 0 fully saturated rings. The second-order valence-electron chi connectivity index (χ2n) is 5.32. The largest absolute Gasteiger partial charge is 0.305 e. The second kappa shape index (κ2) is 8.06. The Labute approximate surface area is 132 Å². The maximum Gasteiger partial charge on any atom is 0.0502 e. The summed E-state index contributed by atoms with van der Waals surface area (Å²) in [6.45, 7) is 3.93. The van der Waals surface area contributed by atoms with Crippen LogP contribution in [-0.2, 0) is 0 Å². The van der Waals surface area contributed by atoms with Gasteiger partial charge < -0.3 is 4.90 Å². The van der Waals surface area contributed by atoms with Crippen LogP contribution in [0.5, 0.6) is 0 Å². The summed E-state index contributed by atoms with van der Waals surface area (Å²) in [4.78, 5) is 3.61. The van der Waals surface area contributed by atoms with Gasteiger partial charge in [-0.15, -0.1) is 18.3 Å². The van der Waals surface area contributed by atoms with Gasteiger partial charge in [0.25, 0.3) is 0 Å². The molecule has 2 aromatic carbocycles. The fraction of sp³-hybridized carbons (Fsp3) is 0.263. The van der Waals surface area contributed by atoms with Crippen LogP contribution in [0.25, 0.3) is 0 Å². The van der Waals surface area contributed by atoms with Crippen LogP contribution >= 0.6 is 11.8 Å². The summed E-state index contributed by atoms with van der Waals surface area (Å²) in [6, 6.07) is 21.8. The maximum atomic E-state index is 3.93. The van der Waals surface area contributed by atoms with Crippen LogP contribution in [0, 0.1) is 0 Å². The van der Waals surface area contributed by atoms with E-state index in [4.69, 9.17) is 0 Å². The van der Waals surface area contributed by atoms with E-state index in [9.17, 15) is 0 Å². The summed E-state index contributed by atoms with van der Waals surface area (Å²) in [5.41, 5.74) is 1.37.